The number of nitrogens with one attached hydrogen (secondary N) is 1. The molecule has 164 valence electrons. The maximum absolute atomic E-state index is 12.9. The second-order valence-corrected chi connectivity index (χ2v) is 9.34. The Morgan fingerprint density at radius 1 is 1.10 bits per heavy atom. The minimum absolute atomic E-state index is 0.0553. The summed E-state index contributed by atoms with van der Waals surface area (Å²) in [4.78, 5) is 36.7. The summed E-state index contributed by atoms with van der Waals surface area (Å²) >= 11 is 0. The van der Waals surface area contributed by atoms with Gasteiger partial charge in [-0.15, -0.1) is 0 Å². The first-order valence-electron chi connectivity index (χ1n) is 10.1. The lowest BCUT2D eigenvalue weighted by molar-refractivity contribution is -0.114. The number of amides is 2. The van der Waals surface area contributed by atoms with Crippen molar-refractivity contribution < 1.29 is 18.0 Å². The van der Waals surface area contributed by atoms with Gasteiger partial charge in [-0.3, -0.25) is 14.5 Å². The molecule has 0 saturated carbocycles. The van der Waals surface area contributed by atoms with E-state index in [1.807, 2.05) is 0 Å². The molecule has 31 heavy (non-hydrogen) atoms. The van der Waals surface area contributed by atoms with Crippen molar-refractivity contribution in [3.8, 4) is 0 Å². The molecule has 1 aromatic carbocycles. The van der Waals surface area contributed by atoms with Crippen LogP contribution in [0.15, 0.2) is 41.6 Å². The van der Waals surface area contributed by atoms with Crippen LogP contribution in [0.3, 0.4) is 0 Å². The molecule has 2 aromatic rings. The van der Waals surface area contributed by atoms with Gasteiger partial charge < -0.3 is 10.2 Å². The van der Waals surface area contributed by atoms with Gasteiger partial charge in [-0.25, -0.2) is 22.7 Å². The van der Waals surface area contributed by atoms with Gasteiger partial charge in [0.05, 0.1) is 5.56 Å². The van der Waals surface area contributed by atoms with Crippen LogP contribution in [-0.4, -0.2) is 78.7 Å². The maximum atomic E-state index is 12.9. The van der Waals surface area contributed by atoms with Crippen molar-refractivity contribution in [3.05, 3.63) is 42.2 Å². The highest BCUT2D eigenvalue weighted by molar-refractivity contribution is 7.90. The number of hydrogen-bond donors (Lipinski definition) is 1. The van der Waals surface area contributed by atoms with Crippen LogP contribution in [0.25, 0.3) is 0 Å². The van der Waals surface area contributed by atoms with Crippen molar-refractivity contribution >= 4 is 33.5 Å². The van der Waals surface area contributed by atoms with Crippen LogP contribution in [0, 0.1) is 0 Å². The first-order chi connectivity index (χ1) is 14.9. The van der Waals surface area contributed by atoms with Gasteiger partial charge in [-0.05, 0) is 30.7 Å². The number of anilines is 2. The molecule has 10 nitrogen and oxygen atoms in total. The molecule has 0 spiro atoms. The average molecular weight is 445 g/mol. The van der Waals surface area contributed by atoms with E-state index in [0.29, 0.717) is 24.6 Å². The molecule has 0 unspecified atom stereocenters. The van der Waals surface area contributed by atoms with Crippen molar-refractivity contribution in [3.63, 3.8) is 0 Å². The molecule has 1 fully saturated rings. The fraction of sp³-hybridized carbons (Fsp3) is 0.400. The lowest BCUT2D eigenvalue weighted by Crippen LogP contribution is -2.47. The standard InChI is InChI=1S/C20H24N6O4S/c1-15(27)23-16-4-5-17-18(14-16)31(29,30)26(19(17)28)9-3-8-24-10-12-25(13-11-24)20-21-6-2-7-22-20/h2,4-7,14H,3,8-13H2,1H3,(H,23,27). The molecule has 2 amide bonds. The minimum atomic E-state index is -3.91. The largest absolute Gasteiger partial charge is 0.338 e. The fourth-order valence-electron chi connectivity index (χ4n) is 3.84. The van der Waals surface area contributed by atoms with Gasteiger partial charge in [0.2, 0.25) is 11.9 Å². The molecule has 2 aliphatic rings. The second-order valence-electron chi connectivity index (χ2n) is 7.51. The van der Waals surface area contributed by atoms with Gasteiger partial charge in [0.15, 0.2) is 0 Å². The Kier molecular flexibility index (Phi) is 5.88. The number of piperazine rings is 1. The van der Waals surface area contributed by atoms with E-state index in [1.165, 1.54) is 25.1 Å². The summed E-state index contributed by atoms with van der Waals surface area (Å²) in [5.74, 6) is -0.111. The van der Waals surface area contributed by atoms with Gasteiger partial charge in [0.25, 0.3) is 15.9 Å². The number of sulfonamides is 1. The summed E-state index contributed by atoms with van der Waals surface area (Å²) in [5, 5.41) is 2.55. The number of aromatic nitrogens is 2. The van der Waals surface area contributed by atoms with E-state index in [-0.39, 0.29) is 22.9 Å². The number of benzene rings is 1. The summed E-state index contributed by atoms with van der Waals surface area (Å²) in [7, 11) is -3.91. The molecule has 3 heterocycles. The van der Waals surface area contributed by atoms with Crippen LogP contribution < -0.4 is 10.2 Å². The number of nitrogens with zero attached hydrogens (tertiary/aromatic N) is 5. The number of carbonyl (C=O) groups is 2. The first-order valence-corrected chi connectivity index (χ1v) is 11.5. The Morgan fingerprint density at radius 3 is 2.48 bits per heavy atom. The zero-order chi connectivity index (χ0) is 22.0. The van der Waals surface area contributed by atoms with Crippen LogP contribution in [0.2, 0.25) is 0 Å². The molecule has 0 bridgehead atoms. The summed E-state index contributed by atoms with van der Waals surface area (Å²) < 4.78 is 26.7. The molecule has 0 aliphatic carbocycles. The molecule has 4 rings (SSSR count). The van der Waals surface area contributed by atoms with Crippen LogP contribution in [0.1, 0.15) is 23.7 Å². The molecule has 0 radical (unpaired) electrons. The zero-order valence-corrected chi connectivity index (χ0v) is 18.0. The van der Waals surface area contributed by atoms with Crippen molar-refractivity contribution in [2.75, 3.05) is 49.5 Å². The Morgan fingerprint density at radius 2 is 1.81 bits per heavy atom. The van der Waals surface area contributed by atoms with E-state index in [9.17, 15) is 18.0 Å². The molecular formula is C20H24N6O4S. The number of carbonyl (C=O) groups excluding carboxylic acids is 2. The van der Waals surface area contributed by atoms with Crippen molar-refractivity contribution in [2.45, 2.75) is 18.2 Å². The quantitative estimate of drug-likeness (QED) is 0.695. The summed E-state index contributed by atoms with van der Waals surface area (Å²) in [6.45, 7) is 5.37. The molecule has 0 atom stereocenters. The number of hydrogen-bond acceptors (Lipinski definition) is 8. The highest BCUT2D eigenvalue weighted by atomic mass is 32.2. The summed E-state index contributed by atoms with van der Waals surface area (Å²) in [6, 6.07) is 6.11. The SMILES string of the molecule is CC(=O)Nc1ccc2c(c1)S(=O)(=O)N(CCCN1CCN(c3ncccn3)CC1)C2=O. The molecule has 1 saturated heterocycles. The smallest absolute Gasteiger partial charge is 0.269 e. The fourth-order valence-corrected chi connectivity index (χ4v) is 5.47. The number of fused-ring (bicyclic) bond motifs is 1. The predicted octanol–water partition coefficient (Wildman–Crippen LogP) is 0.792. The third-order valence-electron chi connectivity index (χ3n) is 5.37. The lowest BCUT2D eigenvalue weighted by Gasteiger charge is -2.34. The summed E-state index contributed by atoms with van der Waals surface area (Å²) in [5.41, 5.74) is 0.496. The maximum Gasteiger partial charge on any atom is 0.269 e. The normalized spacial score (nSPS) is 18.2. The summed E-state index contributed by atoms with van der Waals surface area (Å²) in [6.07, 6.45) is 3.98. The van der Waals surface area contributed by atoms with E-state index >= 15 is 0 Å². The van der Waals surface area contributed by atoms with Crippen LogP contribution in [-0.2, 0) is 14.8 Å². The zero-order valence-electron chi connectivity index (χ0n) is 17.2. The van der Waals surface area contributed by atoms with Gasteiger partial charge in [-0.2, -0.15) is 0 Å². The molecule has 1 aromatic heterocycles. The van der Waals surface area contributed by atoms with Gasteiger partial charge in [0.1, 0.15) is 4.90 Å². The monoisotopic (exact) mass is 444 g/mol. The molecule has 2 aliphatic heterocycles. The third kappa shape index (κ3) is 4.37. The van der Waals surface area contributed by atoms with Crippen molar-refractivity contribution in [2.24, 2.45) is 0 Å². The van der Waals surface area contributed by atoms with E-state index in [4.69, 9.17) is 0 Å². The Balaban J connectivity index is 1.33. The Labute approximate surface area is 180 Å². The van der Waals surface area contributed by atoms with E-state index < -0.39 is 15.9 Å². The second kappa shape index (κ2) is 8.60. The van der Waals surface area contributed by atoms with E-state index in [0.717, 1.165) is 30.5 Å². The minimum Gasteiger partial charge on any atom is -0.338 e. The molecule has 11 heteroatoms. The highest BCUT2D eigenvalue weighted by Gasteiger charge is 2.41. The van der Waals surface area contributed by atoms with Crippen LogP contribution in [0.4, 0.5) is 11.6 Å². The third-order valence-corrected chi connectivity index (χ3v) is 7.19. The van der Waals surface area contributed by atoms with Gasteiger partial charge >= 0.3 is 0 Å². The topological polar surface area (TPSA) is 116 Å². The first kappa shape index (κ1) is 21.2. The Hall–Kier alpha value is -3.05. The van der Waals surface area contributed by atoms with Crippen LogP contribution >= 0.6 is 0 Å². The predicted molar refractivity (Wildman–Crippen MR) is 114 cm³/mol. The molecular weight excluding hydrogens is 420 g/mol. The van der Waals surface area contributed by atoms with E-state index in [2.05, 4.69) is 25.1 Å². The molecule has 1 N–H and O–H groups in total. The highest BCUT2D eigenvalue weighted by Crippen LogP contribution is 2.32. The van der Waals surface area contributed by atoms with Gasteiger partial charge in [0, 0.05) is 64.3 Å². The lowest BCUT2D eigenvalue weighted by atomic mass is 10.2. The van der Waals surface area contributed by atoms with E-state index in [1.54, 1.807) is 18.5 Å². The van der Waals surface area contributed by atoms with Crippen LogP contribution in [0.5, 0.6) is 0 Å². The Bertz CT molecular complexity index is 1080. The van der Waals surface area contributed by atoms with Crippen molar-refractivity contribution in [1.29, 1.82) is 0 Å². The van der Waals surface area contributed by atoms with Crippen molar-refractivity contribution in [1.82, 2.24) is 19.2 Å². The number of rotatable bonds is 6. The van der Waals surface area contributed by atoms with Gasteiger partial charge in [-0.1, -0.05) is 0 Å². The average Bonchev–Trinajstić information content (AvgIpc) is 2.94.